The van der Waals surface area contributed by atoms with Gasteiger partial charge in [-0.25, -0.2) is 0 Å². The molecule has 3 nitrogen and oxygen atoms in total. The first-order valence-corrected chi connectivity index (χ1v) is 2.48. The van der Waals surface area contributed by atoms with Gasteiger partial charge in [0.05, 0.1) is 6.17 Å². The molecule has 0 aromatic rings. The molecule has 0 aromatic carbocycles. The van der Waals surface area contributed by atoms with Gasteiger partial charge in [0.25, 0.3) is 0 Å². The summed E-state index contributed by atoms with van der Waals surface area (Å²) in [6, 6.07) is 0. The highest BCUT2D eigenvalue weighted by Gasteiger charge is 1.97. The van der Waals surface area contributed by atoms with E-state index in [0.29, 0.717) is 12.0 Å². The summed E-state index contributed by atoms with van der Waals surface area (Å²) in [6.07, 6.45) is 0.0136. The fraction of sp³-hybridized carbons (Fsp3) is 0.600. The zero-order valence-electron chi connectivity index (χ0n) is 4.80. The zero-order valence-corrected chi connectivity index (χ0v) is 4.80. The van der Waals surface area contributed by atoms with E-state index in [1.165, 1.54) is 0 Å². The number of hydrogen-bond acceptors (Lipinski definition) is 3. The van der Waals surface area contributed by atoms with Gasteiger partial charge in [-0.1, -0.05) is 6.58 Å². The van der Waals surface area contributed by atoms with Crippen molar-refractivity contribution in [1.29, 1.82) is 0 Å². The molecule has 0 bridgehead atoms. The van der Waals surface area contributed by atoms with E-state index in [9.17, 15) is 0 Å². The van der Waals surface area contributed by atoms with Crippen LogP contribution < -0.4 is 11.5 Å². The van der Waals surface area contributed by atoms with Gasteiger partial charge in [-0.15, -0.1) is 0 Å². The third kappa shape index (κ3) is 2.74. The number of nitrogens with two attached hydrogens (primary N) is 2. The quantitative estimate of drug-likeness (QED) is 0.333. The summed E-state index contributed by atoms with van der Waals surface area (Å²) in [5, 5.41) is 8.31. The summed E-state index contributed by atoms with van der Waals surface area (Å²) in [5.41, 5.74) is 11.1. The molecular weight excluding hydrogens is 104 g/mol. The molecule has 0 rings (SSSR count). The van der Waals surface area contributed by atoms with Crippen molar-refractivity contribution in [3.63, 3.8) is 0 Å². The van der Waals surface area contributed by atoms with E-state index >= 15 is 0 Å². The average molecular weight is 116 g/mol. The van der Waals surface area contributed by atoms with E-state index < -0.39 is 6.17 Å². The molecule has 0 aliphatic heterocycles. The number of rotatable bonds is 3. The van der Waals surface area contributed by atoms with Crippen LogP contribution in [0.25, 0.3) is 0 Å². The first-order valence-electron chi connectivity index (χ1n) is 2.48. The van der Waals surface area contributed by atoms with Crippen LogP contribution in [0.1, 0.15) is 6.42 Å². The summed E-state index contributed by atoms with van der Waals surface area (Å²) < 4.78 is 0. The third-order valence-electron chi connectivity index (χ3n) is 0.904. The highest BCUT2D eigenvalue weighted by molar-refractivity contribution is 5.00. The molecule has 3 heteroatoms. The van der Waals surface area contributed by atoms with Crippen molar-refractivity contribution >= 4 is 0 Å². The van der Waals surface area contributed by atoms with Gasteiger partial charge in [0.1, 0.15) is 0 Å². The second kappa shape index (κ2) is 3.60. The maximum Gasteiger partial charge on any atom is 0.0741 e. The van der Waals surface area contributed by atoms with Crippen molar-refractivity contribution in [2.45, 2.75) is 12.6 Å². The summed E-state index contributed by atoms with van der Waals surface area (Å²) >= 11 is 0. The Bertz CT molecular complexity index is 80.5. The maximum atomic E-state index is 8.31. The largest absolute Gasteiger partial charge is 0.396 e. The monoisotopic (exact) mass is 116 g/mol. The van der Waals surface area contributed by atoms with E-state index in [1.807, 2.05) is 0 Å². The van der Waals surface area contributed by atoms with E-state index in [2.05, 4.69) is 6.58 Å². The van der Waals surface area contributed by atoms with Crippen molar-refractivity contribution < 1.29 is 5.11 Å². The number of aliphatic hydroxyl groups excluding tert-OH is 1. The zero-order chi connectivity index (χ0) is 6.57. The molecule has 0 aliphatic rings. The van der Waals surface area contributed by atoms with Crippen LogP contribution in [0.4, 0.5) is 0 Å². The Morgan fingerprint density at radius 3 is 2.25 bits per heavy atom. The van der Waals surface area contributed by atoms with Crippen LogP contribution >= 0.6 is 0 Å². The van der Waals surface area contributed by atoms with Gasteiger partial charge >= 0.3 is 0 Å². The molecule has 0 aromatic heterocycles. The van der Waals surface area contributed by atoms with Crippen LogP contribution in [-0.2, 0) is 0 Å². The van der Waals surface area contributed by atoms with Crippen molar-refractivity contribution in [1.82, 2.24) is 0 Å². The summed E-state index contributed by atoms with van der Waals surface area (Å²) in [7, 11) is 0. The topological polar surface area (TPSA) is 72.3 Å². The summed E-state index contributed by atoms with van der Waals surface area (Å²) in [6.45, 7) is 3.61. The van der Waals surface area contributed by atoms with E-state index in [-0.39, 0.29) is 6.61 Å². The molecule has 0 aliphatic carbocycles. The lowest BCUT2D eigenvalue weighted by molar-refractivity contribution is 0.297. The van der Waals surface area contributed by atoms with Crippen LogP contribution in [0.5, 0.6) is 0 Å². The molecule has 0 spiro atoms. The van der Waals surface area contributed by atoms with Gasteiger partial charge in [-0.2, -0.15) is 0 Å². The summed E-state index contributed by atoms with van der Waals surface area (Å²) in [4.78, 5) is 0. The van der Waals surface area contributed by atoms with Crippen LogP contribution in [0.3, 0.4) is 0 Å². The minimum Gasteiger partial charge on any atom is -0.396 e. The van der Waals surface area contributed by atoms with Gasteiger partial charge in [0.15, 0.2) is 0 Å². The standard InChI is InChI=1S/C5H12N2O/c1-4(2-3-8)5(6)7/h5,8H,1-3,6-7H2. The number of aliphatic hydroxyl groups is 1. The highest BCUT2D eigenvalue weighted by Crippen LogP contribution is 1.95. The Labute approximate surface area is 49.0 Å². The van der Waals surface area contributed by atoms with Gasteiger partial charge in [-0.3, -0.25) is 0 Å². The first kappa shape index (κ1) is 7.62. The van der Waals surface area contributed by atoms with Gasteiger partial charge in [-0.05, 0) is 12.0 Å². The fourth-order valence-corrected chi connectivity index (χ4v) is 0.310. The lowest BCUT2D eigenvalue weighted by atomic mass is 10.2. The average Bonchev–Trinajstić information content (AvgIpc) is 1.67. The Hall–Kier alpha value is -0.380. The van der Waals surface area contributed by atoms with Gasteiger partial charge in [0.2, 0.25) is 0 Å². The molecular formula is C5H12N2O. The van der Waals surface area contributed by atoms with Gasteiger partial charge in [0, 0.05) is 6.61 Å². The molecule has 5 N–H and O–H groups in total. The molecule has 0 saturated heterocycles. The lowest BCUT2D eigenvalue weighted by Gasteiger charge is -2.05. The Balaban J connectivity index is 3.33. The molecule has 8 heavy (non-hydrogen) atoms. The fourth-order valence-electron chi connectivity index (χ4n) is 0.310. The first-order chi connectivity index (χ1) is 3.68. The van der Waals surface area contributed by atoms with Crippen LogP contribution in [0.15, 0.2) is 12.2 Å². The minimum absolute atomic E-state index is 0.0731. The van der Waals surface area contributed by atoms with Crippen molar-refractivity contribution in [3.8, 4) is 0 Å². The molecule has 0 heterocycles. The summed E-state index contributed by atoms with van der Waals surface area (Å²) in [5.74, 6) is 0. The SMILES string of the molecule is C=C(CCO)C(N)N. The van der Waals surface area contributed by atoms with E-state index in [1.54, 1.807) is 0 Å². The predicted octanol–water partition coefficient (Wildman–Crippen LogP) is -0.831. The van der Waals surface area contributed by atoms with Crippen LogP contribution in [0.2, 0.25) is 0 Å². The van der Waals surface area contributed by atoms with Crippen LogP contribution in [0, 0.1) is 0 Å². The predicted molar refractivity (Wildman–Crippen MR) is 33.0 cm³/mol. The second-order valence-corrected chi connectivity index (χ2v) is 1.66. The third-order valence-corrected chi connectivity index (χ3v) is 0.904. The maximum absolute atomic E-state index is 8.31. The smallest absolute Gasteiger partial charge is 0.0741 e. The van der Waals surface area contributed by atoms with Crippen molar-refractivity contribution in [2.24, 2.45) is 11.5 Å². The van der Waals surface area contributed by atoms with Crippen LogP contribution in [-0.4, -0.2) is 17.9 Å². The van der Waals surface area contributed by atoms with E-state index in [4.69, 9.17) is 16.6 Å². The Kier molecular flexibility index (Phi) is 3.43. The minimum atomic E-state index is -0.484. The molecule has 48 valence electrons. The Morgan fingerprint density at radius 1 is 1.62 bits per heavy atom. The van der Waals surface area contributed by atoms with Gasteiger partial charge < -0.3 is 16.6 Å². The lowest BCUT2D eigenvalue weighted by Crippen LogP contribution is -2.32. The number of hydrogen-bond donors (Lipinski definition) is 3. The van der Waals surface area contributed by atoms with Crippen molar-refractivity contribution in [3.05, 3.63) is 12.2 Å². The molecule has 0 unspecified atom stereocenters. The Morgan fingerprint density at radius 2 is 2.12 bits per heavy atom. The molecule has 0 atom stereocenters. The van der Waals surface area contributed by atoms with E-state index in [0.717, 1.165) is 0 Å². The normalized spacial score (nSPS) is 10.0. The second-order valence-electron chi connectivity index (χ2n) is 1.66. The van der Waals surface area contributed by atoms with Crippen molar-refractivity contribution in [2.75, 3.05) is 6.61 Å². The molecule has 0 radical (unpaired) electrons. The molecule has 0 saturated carbocycles. The highest BCUT2D eigenvalue weighted by atomic mass is 16.2. The molecule has 0 fully saturated rings. The molecule has 0 amide bonds.